The number of hydrogen-bond donors (Lipinski definition) is 2. The van der Waals surface area contributed by atoms with E-state index in [2.05, 4.69) is 5.10 Å². The first kappa shape index (κ1) is 8.07. The van der Waals surface area contributed by atoms with Crippen LogP contribution in [0, 0.1) is 0 Å². The molecule has 2 heterocycles. The number of rotatable bonds is 1. The number of aliphatic hydroxyl groups is 1. The number of nitrogens with two attached hydrogens (primary N) is 1. The van der Waals surface area contributed by atoms with Gasteiger partial charge in [-0.15, -0.1) is 0 Å². The smallest absolute Gasteiger partial charge is 0.0895 e. The summed E-state index contributed by atoms with van der Waals surface area (Å²) in [5.74, 6) is 0. The molecule has 68 valence electrons. The van der Waals surface area contributed by atoms with E-state index in [9.17, 15) is 5.11 Å². The van der Waals surface area contributed by atoms with Crippen LogP contribution in [0.15, 0.2) is 24.5 Å². The standard InChI is InChI=1S/C9H11N3O/c1-6(13)7-2-3-12-9(4-7)8(10)5-11-12/h2-6,13H,10H2,1H3. The molecule has 4 heteroatoms. The second-order valence-electron chi connectivity index (χ2n) is 3.07. The summed E-state index contributed by atoms with van der Waals surface area (Å²) in [5.41, 5.74) is 7.99. The molecule has 4 nitrogen and oxygen atoms in total. The Morgan fingerprint density at radius 1 is 1.62 bits per heavy atom. The molecule has 0 aromatic carbocycles. The number of nitrogens with zero attached hydrogens (tertiary/aromatic N) is 2. The Morgan fingerprint density at radius 2 is 2.38 bits per heavy atom. The van der Waals surface area contributed by atoms with E-state index in [0.29, 0.717) is 5.69 Å². The molecule has 0 aliphatic rings. The Labute approximate surface area is 75.6 Å². The van der Waals surface area contributed by atoms with Crippen LogP contribution < -0.4 is 5.73 Å². The first-order valence-electron chi connectivity index (χ1n) is 4.09. The maximum Gasteiger partial charge on any atom is 0.0895 e. The van der Waals surface area contributed by atoms with Gasteiger partial charge in [-0.3, -0.25) is 0 Å². The van der Waals surface area contributed by atoms with Crippen molar-refractivity contribution in [1.29, 1.82) is 0 Å². The molecule has 0 saturated carbocycles. The summed E-state index contributed by atoms with van der Waals surface area (Å²) in [7, 11) is 0. The fourth-order valence-corrected chi connectivity index (χ4v) is 1.28. The largest absolute Gasteiger partial charge is 0.396 e. The van der Waals surface area contributed by atoms with Crippen molar-refractivity contribution in [2.45, 2.75) is 13.0 Å². The second kappa shape index (κ2) is 2.74. The van der Waals surface area contributed by atoms with E-state index in [0.717, 1.165) is 11.1 Å². The molecule has 1 unspecified atom stereocenters. The summed E-state index contributed by atoms with van der Waals surface area (Å²) in [5, 5.41) is 13.4. The highest BCUT2D eigenvalue weighted by Crippen LogP contribution is 2.18. The molecule has 0 aliphatic heterocycles. The summed E-state index contributed by atoms with van der Waals surface area (Å²) < 4.78 is 1.68. The van der Waals surface area contributed by atoms with E-state index in [1.807, 2.05) is 12.1 Å². The quantitative estimate of drug-likeness (QED) is 0.682. The lowest BCUT2D eigenvalue weighted by Crippen LogP contribution is -1.94. The molecule has 2 rings (SSSR count). The van der Waals surface area contributed by atoms with Gasteiger partial charge in [-0.25, -0.2) is 4.52 Å². The highest BCUT2D eigenvalue weighted by molar-refractivity contribution is 5.69. The first-order chi connectivity index (χ1) is 6.18. The number of nitrogen functional groups attached to an aromatic ring is 1. The maximum absolute atomic E-state index is 9.34. The Bertz CT molecular complexity index is 433. The van der Waals surface area contributed by atoms with Crippen LogP contribution >= 0.6 is 0 Å². The summed E-state index contributed by atoms with van der Waals surface area (Å²) in [6, 6.07) is 3.66. The molecule has 2 aromatic rings. The van der Waals surface area contributed by atoms with Crippen molar-refractivity contribution in [2.24, 2.45) is 0 Å². The average molecular weight is 177 g/mol. The van der Waals surface area contributed by atoms with E-state index in [4.69, 9.17) is 5.73 Å². The number of fused-ring (bicyclic) bond motifs is 1. The zero-order valence-electron chi connectivity index (χ0n) is 7.31. The van der Waals surface area contributed by atoms with Gasteiger partial charge in [0.2, 0.25) is 0 Å². The summed E-state index contributed by atoms with van der Waals surface area (Å²) in [6.45, 7) is 1.72. The molecule has 1 atom stereocenters. The molecule has 0 amide bonds. The third-order valence-corrected chi connectivity index (χ3v) is 2.06. The highest BCUT2D eigenvalue weighted by Gasteiger charge is 2.04. The second-order valence-corrected chi connectivity index (χ2v) is 3.07. The average Bonchev–Trinajstić information content (AvgIpc) is 2.47. The summed E-state index contributed by atoms with van der Waals surface area (Å²) >= 11 is 0. The van der Waals surface area contributed by atoms with Crippen LogP contribution in [0.4, 0.5) is 5.69 Å². The third kappa shape index (κ3) is 1.25. The number of aromatic nitrogens is 2. The predicted octanol–water partition coefficient (Wildman–Crippen LogP) is 0.970. The topological polar surface area (TPSA) is 63.5 Å². The van der Waals surface area contributed by atoms with Crippen molar-refractivity contribution >= 4 is 11.2 Å². The molecule has 3 N–H and O–H groups in total. The minimum absolute atomic E-state index is 0.473. The van der Waals surface area contributed by atoms with Gasteiger partial charge in [0.15, 0.2) is 0 Å². The number of anilines is 1. The van der Waals surface area contributed by atoms with Crippen LogP contribution in [-0.2, 0) is 0 Å². The van der Waals surface area contributed by atoms with Crippen LogP contribution in [0.3, 0.4) is 0 Å². The van der Waals surface area contributed by atoms with Gasteiger partial charge in [0.25, 0.3) is 0 Å². The zero-order chi connectivity index (χ0) is 9.42. The molecular formula is C9H11N3O. The van der Waals surface area contributed by atoms with Gasteiger partial charge in [-0.1, -0.05) is 0 Å². The summed E-state index contributed by atoms with van der Waals surface area (Å²) in [6.07, 6.45) is 2.91. The number of pyridine rings is 1. The molecule has 0 bridgehead atoms. The highest BCUT2D eigenvalue weighted by atomic mass is 16.3. The fourth-order valence-electron chi connectivity index (χ4n) is 1.28. The van der Waals surface area contributed by atoms with Gasteiger partial charge in [0.1, 0.15) is 0 Å². The Balaban J connectivity index is 2.66. The van der Waals surface area contributed by atoms with Crippen molar-refractivity contribution in [3.05, 3.63) is 30.1 Å². The predicted molar refractivity (Wildman–Crippen MR) is 50.2 cm³/mol. The van der Waals surface area contributed by atoms with Crippen LogP contribution in [-0.4, -0.2) is 14.7 Å². The van der Waals surface area contributed by atoms with Gasteiger partial charge in [-0.05, 0) is 24.6 Å². The van der Waals surface area contributed by atoms with Gasteiger partial charge >= 0.3 is 0 Å². The van der Waals surface area contributed by atoms with Gasteiger partial charge in [-0.2, -0.15) is 5.10 Å². The lowest BCUT2D eigenvalue weighted by atomic mass is 10.1. The van der Waals surface area contributed by atoms with E-state index < -0.39 is 6.10 Å². The number of aliphatic hydroxyl groups excluding tert-OH is 1. The molecule has 13 heavy (non-hydrogen) atoms. The lowest BCUT2D eigenvalue weighted by Gasteiger charge is -2.04. The number of hydrogen-bond acceptors (Lipinski definition) is 3. The first-order valence-corrected chi connectivity index (χ1v) is 4.09. The third-order valence-electron chi connectivity index (χ3n) is 2.06. The van der Waals surface area contributed by atoms with E-state index in [-0.39, 0.29) is 0 Å². The van der Waals surface area contributed by atoms with Crippen molar-refractivity contribution in [2.75, 3.05) is 5.73 Å². The summed E-state index contributed by atoms with van der Waals surface area (Å²) in [4.78, 5) is 0. The molecule has 0 fully saturated rings. The van der Waals surface area contributed by atoms with Crippen molar-refractivity contribution < 1.29 is 5.11 Å². The molecular weight excluding hydrogens is 166 g/mol. The van der Waals surface area contributed by atoms with Crippen molar-refractivity contribution in [3.63, 3.8) is 0 Å². The Kier molecular flexibility index (Phi) is 1.70. The van der Waals surface area contributed by atoms with Crippen LogP contribution in [0.2, 0.25) is 0 Å². The van der Waals surface area contributed by atoms with Gasteiger partial charge < -0.3 is 10.8 Å². The minimum atomic E-state index is -0.473. The minimum Gasteiger partial charge on any atom is -0.396 e. The molecule has 0 radical (unpaired) electrons. The van der Waals surface area contributed by atoms with Crippen molar-refractivity contribution in [1.82, 2.24) is 9.61 Å². The van der Waals surface area contributed by atoms with Crippen LogP contribution in [0.5, 0.6) is 0 Å². The zero-order valence-corrected chi connectivity index (χ0v) is 7.31. The fraction of sp³-hybridized carbons (Fsp3) is 0.222. The van der Waals surface area contributed by atoms with E-state index in [1.165, 1.54) is 0 Å². The maximum atomic E-state index is 9.34. The lowest BCUT2D eigenvalue weighted by molar-refractivity contribution is 0.199. The Morgan fingerprint density at radius 3 is 3.08 bits per heavy atom. The normalized spacial score (nSPS) is 13.4. The monoisotopic (exact) mass is 177 g/mol. The molecule has 0 aliphatic carbocycles. The van der Waals surface area contributed by atoms with E-state index in [1.54, 1.807) is 23.8 Å². The molecule has 0 spiro atoms. The van der Waals surface area contributed by atoms with Crippen LogP contribution in [0.25, 0.3) is 5.52 Å². The SMILES string of the molecule is CC(O)c1ccn2ncc(N)c2c1. The van der Waals surface area contributed by atoms with Crippen LogP contribution in [0.1, 0.15) is 18.6 Å². The Hall–Kier alpha value is -1.55. The van der Waals surface area contributed by atoms with Gasteiger partial charge in [0.05, 0.1) is 23.5 Å². The molecule has 2 aromatic heterocycles. The van der Waals surface area contributed by atoms with Gasteiger partial charge in [0, 0.05) is 6.20 Å². The molecule has 0 saturated heterocycles. The van der Waals surface area contributed by atoms with Crippen molar-refractivity contribution in [3.8, 4) is 0 Å². The van der Waals surface area contributed by atoms with E-state index >= 15 is 0 Å².